The van der Waals surface area contributed by atoms with Crippen molar-refractivity contribution in [1.29, 1.82) is 0 Å². The summed E-state index contributed by atoms with van der Waals surface area (Å²) in [5, 5.41) is 0.671. The number of ether oxygens (including phenoxy) is 2. The summed E-state index contributed by atoms with van der Waals surface area (Å²) in [4.78, 5) is 0. The van der Waals surface area contributed by atoms with Crippen LogP contribution >= 0.6 is 11.6 Å². The highest BCUT2D eigenvalue weighted by molar-refractivity contribution is 6.33. The molecule has 0 unspecified atom stereocenters. The highest BCUT2D eigenvalue weighted by atomic mass is 35.5. The topological polar surface area (TPSA) is 44.5 Å². The molecule has 3 rings (SSSR count). The van der Waals surface area contributed by atoms with Crippen molar-refractivity contribution in [2.45, 2.75) is 31.7 Å². The molecule has 0 amide bonds. The Bertz CT molecular complexity index is 455. The first kappa shape index (κ1) is 10.2. The van der Waals surface area contributed by atoms with E-state index in [1.165, 1.54) is 0 Å². The largest absolute Gasteiger partial charge is 0.454 e. The van der Waals surface area contributed by atoms with Crippen LogP contribution < -0.4 is 15.2 Å². The van der Waals surface area contributed by atoms with Crippen molar-refractivity contribution >= 4 is 11.6 Å². The zero-order chi connectivity index (χ0) is 11.3. The lowest BCUT2D eigenvalue weighted by molar-refractivity contribution is 0.174. The van der Waals surface area contributed by atoms with E-state index in [2.05, 4.69) is 0 Å². The summed E-state index contributed by atoms with van der Waals surface area (Å²) >= 11 is 6.33. The Morgan fingerprint density at radius 2 is 2.19 bits per heavy atom. The van der Waals surface area contributed by atoms with E-state index in [-0.39, 0.29) is 12.3 Å². The Morgan fingerprint density at radius 3 is 2.88 bits per heavy atom. The van der Waals surface area contributed by atoms with Gasteiger partial charge in [0.1, 0.15) is 0 Å². The fourth-order valence-electron chi connectivity index (χ4n) is 2.07. The minimum Gasteiger partial charge on any atom is -0.454 e. The first-order chi connectivity index (χ1) is 7.59. The second kappa shape index (κ2) is 3.28. The number of fused-ring (bicyclic) bond motifs is 1. The van der Waals surface area contributed by atoms with Gasteiger partial charge in [-0.1, -0.05) is 11.6 Å². The zero-order valence-corrected chi connectivity index (χ0v) is 9.93. The zero-order valence-electron chi connectivity index (χ0n) is 9.18. The molecule has 0 spiro atoms. The molecule has 1 aliphatic carbocycles. The number of benzene rings is 1. The van der Waals surface area contributed by atoms with Crippen molar-refractivity contribution in [3.05, 3.63) is 22.2 Å². The summed E-state index contributed by atoms with van der Waals surface area (Å²) in [5.74, 6) is 1.42. The summed E-state index contributed by atoms with van der Waals surface area (Å²) in [6.45, 7) is 2.29. The van der Waals surface area contributed by atoms with E-state index in [0.29, 0.717) is 10.8 Å². The van der Waals surface area contributed by atoms with Crippen molar-refractivity contribution in [1.82, 2.24) is 0 Å². The van der Waals surface area contributed by atoms with Gasteiger partial charge >= 0.3 is 0 Å². The van der Waals surface area contributed by atoms with Crippen molar-refractivity contribution < 1.29 is 9.47 Å². The Kier molecular flexibility index (Phi) is 2.10. The van der Waals surface area contributed by atoms with Gasteiger partial charge in [0.2, 0.25) is 6.79 Å². The predicted octanol–water partition coefficient (Wildman–Crippen LogP) is 2.41. The molecular formula is C12H14ClNO2. The molecule has 1 heterocycles. The van der Waals surface area contributed by atoms with Crippen LogP contribution in [0.4, 0.5) is 0 Å². The Morgan fingerprint density at radius 1 is 1.44 bits per heavy atom. The van der Waals surface area contributed by atoms with Crippen LogP contribution in [0, 0.1) is 6.92 Å². The van der Waals surface area contributed by atoms with E-state index in [1.807, 2.05) is 13.0 Å². The average Bonchev–Trinajstić information content (AvgIpc) is 2.77. The summed E-state index contributed by atoms with van der Waals surface area (Å²) < 4.78 is 10.7. The Balaban J connectivity index is 2.03. The van der Waals surface area contributed by atoms with Crippen LogP contribution in [0.1, 0.15) is 24.0 Å². The Hall–Kier alpha value is -0.930. The predicted molar refractivity (Wildman–Crippen MR) is 62.2 cm³/mol. The number of hydrogen-bond donors (Lipinski definition) is 1. The smallest absolute Gasteiger partial charge is 0.231 e. The van der Waals surface area contributed by atoms with Gasteiger partial charge in [0.25, 0.3) is 0 Å². The van der Waals surface area contributed by atoms with Gasteiger partial charge < -0.3 is 15.2 Å². The van der Waals surface area contributed by atoms with Crippen molar-refractivity contribution in [2.24, 2.45) is 5.73 Å². The molecule has 1 saturated carbocycles. The lowest BCUT2D eigenvalue weighted by Gasteiger charge is -2.14. The lowest BCUT2D eigenvalue weighted by atomic mass is 9.99. The monoisotopic (exact) mass is 239 g/mol. The van der Waals surface area contributed by atoms with Gasteiger partial charge in [0.05, 0.1) is 5.02 Å². The second-order valence-electron chi connectivity index (χ2n) is 4.76. The van der Waals surface area contributed by atoms with Gasteiger partial charge in [0.15, 0.2) is 11.5 Å². The number of rotatable bonds is 2. The Labute approximate surface area is 99.5 Å². The standard InChI is InChI=1S/C12H14ClNO2/c1-7-4-9-11(16-6-15-9)10(13)8(7)5-12(14)2-3-12/h4H,2-3,5-6,14H2,1H3. The summed E-state index contributed by atoms with van der Waals surface area (Å²) in [7, 11) is 0. The lowest BCUT2D eigenvalue weighted by Crippen LogP contribution is -2.25. The maximum Gasteiger partial charge on any atom is 0.231 e. The van der Waals surface area contributed by atoms with Gasteiger partial charge in [-0.05, 0) is 43.4 Å². The molecule has 3 nitrogen and oxygen atoms in total. The SMILES string of the molecule is Cc1cc2c(c(Cl)c1CC1(N)CC1)OCO2. The van der Waals surface area contributed by atoms with Crippen LogP contribution in [0.25, 0.3) is 0 Å². The summed E-state index contributed by atoms with van der Waals surface area (Å²) in [5.41, 5.74) is 8.32. The third kappa shape index (κ3) is 1.55. The normalized spacial score (nSPS) is 19.9. The van der Waals surface area contributed by atoms with Crippen molar-refractivity contribution in [3.8, 4) is 11.5 Å². The molecule has 2 N–H and O–H groups in total. The molecule has 0 bridgehead atoms. The minimum absolute atomic E-state index is 0.0396. The van der Waals surface area contributed by atoms with Crippen LogP contribution in [0.3, 0.4) is 0 Å². The molecule has 0 atom stereocenters. The van der Waals surface area contributed by atoms with Crippen molar-refractivity contribution in [3.63, 3.8) is 0 Å². The first-order valence-electron chi connectivity index (χ1n) is 5.45. The molecule has 1 fully saturated rings. The second-order valence-corrected chi connectivity index (χ2v) is 5.14. The van der Waals surface area contributed by atoms with Crippen LogP contribution in [0.2, 0.25) is 5.02 Å². The van der Waals surface area contributed by atoms with E-state index >= 15 is 0 Å². The van der Waals surface area contributed by atoms with E-state index in [0.717, 1.165) is 36.1 Å². The highest BCUT2D eigenvalue weighted by Gasteiger charge is 2.39. The van der Waals surface area contributed by atoms with Crippen molar-refractivity contribution in [2.75, 3.05) is 6.79 Å². The fourth-order valence-corrected chi connectivity index (χ4v) is 2.43. The molecule has 4 heteroatoms. The molecular weight excluding hydrogens is 226 g/mol. The van der Waals surface area contributed by atoms with Gasteiger partial charge in [-0.3, -0.25) is 0 Å². The minimum atomic E-state index is -0.0396. The molecule has 0 radical (unpaired) electrons. The maximum atomic E-state index is 6.33. The third-order valence-corrected chi connectivity index (χ3v) is 3.75. The molecule has 86 valence electrons. The molecule has 1 aromatic rings. The molecule has 0 saturated heterocycles. The number of halogens is 1. The average molecular weight is 240 g/mol. The van der Waals surface area contributed by atoms with Gasteiger partial charge in [-0.2, -0.15) is 0 Å². The summed E-state index contributed by atoms with van der Waals surface area (Å²) in [6, 6.07) is 1.98. The fraction of sp³-hybridized carbons (Fsp3) is 0.500. The van der Waals surface area contributed by atoms with Crippen LogP contribution in [-0.2, 0) is 6.42 Å². The van der Waals surface area contributed by atoms with Crippen LogP contribution in [-0.4, -0.2) is 12.3 Å². The maximum absolute atomic E-state index is 6.33. The molecule has 0 aromatic heterocycles. The third-order valence-electron chi connectivity index (χ3n) is 3.35. The first-order valence-corrected chi connectivity index (χ1v) is 5.83. The summed E-state index contributed by atoms with van der Waals surface area (Å²) in [6.07, 6.45) is 2.99. The van der Waals surface area contributed by atoms with E-state index in [9.17, 15) is 0 Å². The van der Waals surface area contributed by atoms with Crippen LogP contribution in [0.15, 0.2) is 6.07 Å². The molecule has 1 aromatic carbocycles. The molecule has 16 heavy (non-hydrogen) atoms. The van der Waals surface area contributed by atoms with E-state index in [4.69, 9.17) is 26.8 Å². The van der Waals surface area contributed by atoms with E-state index in [1.54, 1.807) is 0 Å². The molecule has 2 aliphatic rings. The number of aryl methyl sites for hydroxylation is 1. The number of hydrogen-bond acceptors (Lipinski definition) is 3. The van der Waals surface area contributed by atoms with Gasteiger partial charge in [-0.25, -0.2) is 0 Å². The molecule has 1 aliphatic heterocycles. The van der Waals surface area contributed by atoms with Crippen LogP contribution in [0.5, 0.6) is 11.5 Å². The highest BCUT2D eigenvalue weighted by Crippen LogP contribution is 2.45. The van der Waals surface area contributed by atoms with Gasteiger partial charge in [0, 0.05) is 5.54 Å². The quantitative estimate of drug-likeness (QED) is 0.862. The van der Waals surface area contributed by atoms with E-state index < -0.39 is 0 Å². The number of nitrogens with two attached hydrogens (primary N) is 1. The van der Waals surface area contributed by atoms with Gasteiger partial charge in [-0.15, -0.1) is 0 Å².